The van der Waals surface area contributed by atoms with Crippen molar-refractivity contribution in [1.29, 1.82) is 0 Å². The van der Waals surface area contributed by atoms with Gasteiger partial charge in [0, 0.05) is 13.1 Å². The minimum Gasteiger partial charge on any atom is -0.454 e. The predicted molar refractivity (Wildman–Crippen MR) is 112 cm³/mol. The molecule has 4 aromatic rings. The molecule has 0 N–H and O–H groups in total. The summed E-state index contributed by atoms with van der Waals surface area (Å²) in [6.45, 7) is 2.02. The molecule has 5 rings (SSSR count). The molecule has 0 unspecified atom stereocenters. The number of ether oxygens (including phenoxy) is 3. The summed E-state index contributed by atoms with van der Waals surface area (Å²) in [5, 5.41) is 8.76. The summed E-state index contributed by atoms with van der Waals surface area (Å²) in [7, 11) is 1.64. The maximum Gasteiger partial charge on any atom is 0.331 e. The largest absolute Gasteiger partial charge is 0.454 e. The summed E-state index contributed by atoms with van der Waals surface area (Å²) >= 11 is 0. The first-order valence-corrected chi connectivity index (χ1v) is 9.59. The van der Waals surface area contributed by atoms with Crippen LogP contribution in [-0.2, 0) is 23.2 Å². The molecule has 31 heavy (non-hydrogen) atoms. The molecule has 9 nitrogen and oxygen atoms in total. The molecule has 2 aromatic carbocycles. The van der Waals surface area contributed by atoms with Crippen molar-refractivity contribution in [3.63, 3.8) is 0 Å². The van der Waals surface area contributed by atoms with Crippen LogP contribution < -0.4 is 15.0 Å². The van der Waals surface area contributed by atoms with Gasteiger partial charge in [0.1, 0.15) is 0 Å². The molecule has 0 bridgehead atoms. The zero-order valence-corrected chi connectivity index (χ0v) is 16.9. The van der Waals surface area contributed by atoms with Crippen molar-refractivity contribution in [2.75, 3.05) is 6.79 Å². The van der Waals surface area contributed by atoms with Gasteiger partial charge in [-0.25, -0.2) is 4.79 Å². The van der Waals surface area contributed by atoms with Crippen LogP contribution in [0.2, 0.25) is 0 Å². The van der Waals surface area contributed by atoms with Crippen molar-refractivity contribution in [2.24, 2.45) is 7.05 Å². The van der Waals surface area contributed by atoms with Crippen LogP contribution in [0.3, 0.4) is 0 Å². The lowest BCUT2D eigenvalue weighted by Gasteiger charge is -2.08. The van der Waals surface area contributed by atoms with Gasteiger partial charge < -0.3 is 14.2 Å². The number of carbonyl (C=O) groups is 1. The smallest absolute Gasteiger partial charge is 0.331 e. The van der Waals surface area contributed by atoms with Gasteiger partial charge >= 0.3 is 5.97 Å². The lowest BCUT2D eigenvalue weighted by molar-refractivity contribution is -0.139. The topological polar surface area (TPSA) is 97.0 Å². The van der Waals surface area contributed by atoms with E-state index < -0.39 is 5.97 Å². The molecular weight excluding hydrogens is 400 g/mol. The van der Waals surface area contributed by atoms with Gasteiger partial charge in [-0.05, 0) is 42.8 Å². The highest BCUT2D eigenvalue weighted by Crippen LogP contribution is 2.32. The van der Waals surface area contributed by atoms with E-state index in [9.17, 15) is 9.59 Å². The Bertz CT molecular complexity index is 1430. The fraction of sp³-hybridized carbons (Fsp3) is 0.182. The van der Waals surface area contributed by atoms with E-state index in [1.54, 1.807) is 29.7 Å². The van der Waals surface area contributed by atoms with Gasteiger partial charge in [0.2, 0.25) is 12.6 Å². The fourth-order valence-electron chi connectivity index (χ4n) is 3.52. The number of aryl methyl sites for hydroxylation is 2. The highest BCUT2D eigenvalue weighted by Gasteiger charge is 2.16. The number of carbonyl (C=O) groups excluding carboxylic acids is 1. The molecule has 2 aromatic heterocycles. The molecule has 0 atom stereocenters. The average Bonchev–Trinajstić information content (AvgIpc) is 3.41. The Balaban J connectivity index is 1.39. The van der Waals surface area contributed by atoms with Crippen LogP contribution in [0.25, 0.3) is 22.8 Å². The van der Waals surface area contributed by atoms with Crippen LogP contribution in [-0.4, -0.2) is 31.9 Å². The lowest BCUT2D eigenvalue weighted by Crippen LogP contribution is -2.20. The maximum atomic E-state index is 12.6. The second kappa shape index (κ2) is 7.28. The minimum absolute atomic E-state index is 0.0906. The third kappa shape index (κ3) is 3.29. The second-order valence-electron chi connectivity index (χ2n) is 7.19. The first kappa shape index (κ1) is 18.9. The quantitative estimate of drug-likeness (QED) is 0.371. The number of fused-ring (bicyclic) bond motifs is 4. The summed E-state index contributed by atoms with van der Waals surface area (Å²) in [6, 6.07) is 11.0. The third-order valence-corrected chi connectivity index (χ3v) is 5.09. The van der Waals surface area contributed by atoms with Gasteiger partial charge in [0.05, 0.1) is 10.9 Å². The van der Waals surface area contributed by atoms with Gasteiger partial charge in [0.25, 0.3) is 5.56 Å². The average molecular weight is 418 g/mol. The molecule has 1 aliphatic heterocycles. The Labute approximate surface area is 176 Å². The van der Waals surface area contributed by atoms with E-state index in [1.807, 2.05) is 31.2 Å². The number of aromatic nitrogens is 4. The third-order valence-electron chi connectivity index (χ3n) is 5.09. The van der Waals surface area contributed by atoms with Gasteiger partial charge in [-0.15, -0.1) is 10.2 Å². The molecule has 3 heterocycles. The molecule has 0 saturated carbocycles. The number of hydrogen-bond acceptors (Lipinski definition) is 7. The van der Waals surface area contributed by atoms with Crippen molar-refractivity contribution in [2.45, 2.75) is 13.5 Å². The van der Waals surface area contributed by atoms with Crippen molar-refractivity contribution >= 4 is 28.7 Å². The van der Waals surface area contributed by atoms with E-state index in [-0.39, 0.29) is 19.0 Å². The van der Waals surface area contributed by atoms with Crippen molar-refractivity contribution in [1.82, 2.24) is 19.2 Å². The normalized spacial score (nSPS) is 12.8. The van der Waals surface area contributed by atoms with Crippen LogP contribution in [0.15, 0.2) is 47.3 Å². The molecule has 0 saturated heterocycles. The number of hydrogen-bond donors (Lipinski definition) is 0. The number of benzene rings is 2. The zero-order chi connectivity index (χ0) is 21.5. The number of nitrogens with zero attached hydrogens (tertiary/aromatic N) is 4. The molecule has 0 fully saturated rings. The van der Waals surface area contributed by atoms with E-state index in [1.165, 1.54) is 10.6 Å². The van der Waals surface area contributed by atoms with E-state index in [2.05, 4.69) is 10.2 Å². The molecule has 0 radical (unpaired) electrons. The van der Waals surface area contributed by atoms with Crippen LogP contribution in [0.5, 0.6) is 11.5 Å². The van der Waals surface area contributed by atoms with Crippen molar-refractivity contribution in [3.8, 4) is 11.5 Å². The summed E-state index contributed by atoms with van der Waals surface area (Å²) in [5.74, 6) is 1.58. The van der Waals surface area contributed by atoms with Gasteiger partial charge in [0.15, 0.2) is 23.9 Å². The van der Waals surface area contributed by atoms with Crippen molar-refractivity contribution in [3.05, 3.63) is 69.8 Å². The first-order valence-electron chi connectivity index (χ1n) is 9.59. The van der Waals surface area contributed by atoms with Crippen molar-refractivity contribution < 1.29 is 19.0 Å². The Morgan fingerprint density at radius 1 is 1.16 bits per heavy atom. The lowest BCUT2D eigenvalue weighted by atomic mass is 10.1. The molecule has 0 amide bonds. The minimum atomic E-state index is -0.528. The molecule has 0 aliphatic carbocycles. The highest BCUT2D eigenvalue weighted by atomic mass is 16.7. The maximum absolute atomic E-state index is 12.6. The van der Waals surface area contributed by atoms with Crippen LogP contribution in [0.4, 0.5) is 0 Å². The van der Waals surface area contributed by atoms with Crippen LogP contribution >= 0.6 is 0 Å². The predicted octanol–water partition coefficient (Wildman–Crippen LogP) is 2.37. The fourth-order valence-corrected chi connectivity index (χ4v) is 3.52. The van der Waals surface area contributed by atoms with E-state index in [0.29, 0.717) is 34.0 Å². The van der Waals surface area contributed by atoms with E-state index >= 15 is 0 Å². The SMILES string of the molecule is Cc1ccc2c(c1)c(=O)n(C)c1nnc(COC(=O)C=Cc3ccc4c(c3)OCO4)n21. The van der Waals surface area contributed by atoms with Crippen LogP contribution in [0, 0.1) is 6.92 Å². The summed E-state index contributed by atoms with van der Waals surface area (Å²) < 4.78 is 19.1. The van der Waals surface area contributed by atoms with Gasteiger partial charge in [-0.1, -0.05) is 17.7 Å². The Kier molecular flexibility index (Phi) is 4.43. The Hall–Kier alpha value is -4.14. The molecular formula is C22H18N4O5. The zero-order valence-electron chi connectivity index (χ0n) is 16.9. The summed E-state index contributed by atoms with van der Waals surface area (Å²) in [4.78, 5) is 24.9. The highest BCUT2D eigenvalue weighted by molar-refractivity contribution is 5.87. The number of rotatable bonds is 4. The van der Waals surface area contributed by atoms with Gasteiger partial charge in [-0.2, -0.15) is 0 Å². The molecule has 1 aliphatic rings. The molecule has 0 spiro atoms. The van der Waals surface area contributed by atoms with E-state index in [4.69, 9.17) is 14.2 Å². The second-order valence-corrected chi connectivity index (χ2v) is 7.19. The summed E-state index contributed by atoms with van der Waals surface area (Å²) in [5.41, 5.74) is 2.26. The van der Waals surface area contributed by atoms with E-state index in [0.717, 1.165) is 11.1 Å². The Morgan fingerprint density at radius 2 is 2.00 bits per heavy atom. The molecule has 156 valence electrons. The summed E-state index contributed by atoms with van der Waals surface area (Å²) in [6.07, 6.45) is 2.96. The number of esters is 1. The molecule has 9 heteroatoms. The first-order chi connectivity index (χ1) is 15.0. The monoisotopic (exact) mass is 418 g/mol. The Morgan fingerprint density at radius 3 is 2.87 bits per heavy atom. The van der Waals surface area contributed by atoms with Gasteiger partial charge in [-0.3, -0.25) is 13.8 Å². The standard InChI is InChI=1S/C22H18N4O5/c1-13-3-6-16-15(9-13)21(28)25(2)22-24-23-19(26(16)22)11-29-20(27)8-5-14-4-7-17-18(10-14)31-12-30-17/h3-10H,11-12H2,1-2H3. The van der Waals surface area contributed by atoms with Crippen LogP contribution in [0.1, 0.15) is 17.0 Å².